The topological polar surface area (TPSA) is 87.5 Å². The Hall–Kier alpha value is -3.28. The number of anilines is 1. The third-order valence-electron chi connectivity index (χ3n) is 3.61. The van der Waals surface area contributed by atoms with Crippen molar-refractivity contribution in [2.45, 2.75) is 12.8 Å². The van der Waals surface area contributed by atoms with Crippen LogP contribution in [-0.4, -0.2) is 27.0 Å². The number of carboxylic acids is 1. The molecule has 2 N–H and O–H groups in total. The minimum absolute atomic E-state index is 0.0496. The van der Waals surface area contributed by atoms with Gasteiger partial charge in [0.15, 0.2) is 5.82 Å². The van der Waals surface area contributed by atoms with Gasteiger partial charge in [0.25, 0.3) is 0 Å². The number of benzene rings is 2. The minimum atomic E-state index is -1.05. The third-order valence-corrected chi connectivity index (χ3v) is 3.61. The lowest BCUT2D eigenvalue weighted by molar-refractivity contribution is -0.129. The van der Waals surface area contributed by atoms with Gasteiger partial charge in [-0.05, 0) is 12.0 Å². The number of hydrogen-bond acceptors (Lipinski definition) is 5. The van der Waals surface area contributed by atoms with E-state index in [4.69, 9.17) is 0 Å². The fourth-order valence-electron chi connectivity index (χ4n) is 2.35. The highest BCUT2D eigenvalue weighted by Gasteiger charge is 2.11. The lowest BCUT2D eigenvalue weighted by atomic mass is 10.1. The van der Waals surface area contributed by atoms with E-state index in [9.17, 15) is 9.90 Å². The summed E-state index contributed by atoms with van der Waals surface area (Å²) in [5, 5.41) is 23.0. The Morgan fingerprint density at radius 1 is 1.08 bits per heavy atom. The Kier molecular flexibility index (Phi) is 4.76. The monoisotopic (exact) mass is 320 g/mol. The SMILES string of the molecule is O=C(O)/C(CCc1ccccc1)=N\Nc1nncc2ccccc12. The fourth-order valence-corrected chi connectivity index (χ4v) is 2.35. The average molecular weight is 320 g/mol. The summed E-state index contributed by atoms with van der Waals surface area (Å²) in [4.78, 5) is 11.4. The maximum Gasteiger partial charge on any atom is 0.352 e. The summed E-state index contributed by atoms with van der Waals surface area (Å²) < 4.78 is 0. The smallest absolute Gasteiger partial charge is 0.352 e. The van der Waals surface area contributed by atoms with E-state index in [-0.39, 0.29) is 5.71 Å². The van der Waals surface area contributed by atoms with Crippen LogP contribution in [0.1, 0.15) is 12.0 Å². The fraction of sp³-hybridized carbons (Fsp3) is 0.111. The van der Waals surface area contributed by atoms with Crippen molar-refractivity contribution in [3.63, 3.8) is 0 Å². The number of hydrogen-bond donors (Lipinski definition) is 2. The molecule has 6 heteroatoms. The molecule has 24 heavy (non-hydrogen) atoms. The van der Waals surface area contributed by atoms with Gasteiger partial charge in [-0.25, -0.2) is 4.79 Å². The summed E-state index contributed by atoms with van der Waals surface area (Å²) in [7, 11) is 0. The largest absolute Gasteiger partial charge is 0.477 e. The molecule has 2 aromatic carbocycles. The molecule has 0 bridgehead atoms. The van der Waals surface area contributed by atoms with Crippen LogP contribution in [-0.2, 0) is 11.2 Å². The summed E-state index contributed by atoms with van der Waals surface area (Å²) >= 11 is 0. The molecule has 3 aromatic rings. The molecule has 3 rings (SSSR count). The molecule has 0 aliphatic heterocycles. The molecule has 0 unspecified atom stereocenters. The Morgan fingerprint density at radius 3 is 2.62 bits per heavy atom. The van der Waals surface area contributed by atoms with E-state index >= 15 is 0 Å². The molecule has 120 valence electrons. The summed E-state index contributed by atoms with van der Waals surface area (Å²) in [6.07, 6.45) is 2.58. The molecule has 0 amide bonds. The van der Waals surface area contributed by atoms with E-state index in [0.29, 0.717) is 18.7 Å². The second-order valence-corrected chi connectivity index (χ2v) is 5.24. The van der Waals surface area contributed by atoms with Crippen molar-refractivity contribution in [3.8, 4) is 0 Å². The quantitative estimate of drug-likeness (QED) is 0.538. The van der Waals surface area contributed by atoms with Crippen molar-refractivity contribution in [3.05, 3.63) is 66.4 Å². The molecule has 0 saturated carbocycles. The number of rotatable bonds is 6. The van der Waals surface area contributed by atoms with Gasteiger partial charge >= 0.3 is 5.97 Å². The molecule has 0 radical (unpaired) electrons. The van der Waals surface area contributed by atoms with Crippen LogP contribution in [0.2, 0.25) is 0 Å². The van der Waals surface area contributed by atoms with Gasteiger partial charge in [0.1, 0.15) is 5.71 Å². The molecule has 0 aliphatic carbocycles. The molecule has 1 aromatic heterocycles. The molecule has 0 atom stereocenters. The van der Waals surface area contributed by atoms with Gasteiger partial charge in [-0.1, -0.05) is 54.6 Å². The van der Waals surface area contributed by atoms with Gasteiger partial charge in [0.2, 0.25) is 0 Å². The van der Waals surface area contributed by atoms with Crippen molar-refractivity contribution >= 4 is 28.3 Å². The zero-order valence-electron chi connectivity index (χ0n) is 12.9. The molecule has 6 nitrogen and oxygen atoms in total. The first-order valence-electron chi connectivity index (χ1n) is 7.54. The van der Waals surface area contributed by atoms with Crippen LogP contribution in [0.15, 0.2) is 65.9 Å². The highest BCUT2D eigenvalue weighted by atomic mass is 16.4. The van der Waals surface area contributed by atoms with Crippen LogP contribution in [0, 0.1) is 0 Å². The molecule has 1 heterocycles. The van der Waals surface area contributed by atoms with Crippen LogP contribution < -0.4 is 5.43 Å². The van der Waals surface area contributed by atoms with Crippen LogP contribution >= 0.6 is 0 Å². The van der Waals surface area contributed by atoms with Crippen molar-refractivity contribution in [2.24, 2.45) is 5.10 Å². The number of fused-ring (bicyclic) bond motifs is 1. The van der Waals surface area contributed by atoms with Crippen LogP contribution in [0.4, 0.5) is 5.82 Å². The molecule has 0 saturated heterocycles. The summed E-state index contributed by atoms with van der Waals surface area (Å²) in [6.45, 7) is 0. The number of aromatic nitrogens is 2. The van der Waals surface area contributed by atoms with Crippen molar-refractivity contribution < 1.29 is 9.90 Å². The molecule has 0 spiro atoms. The molecule has 0 aliphatic rings. The highest BCUT2D eigenvalue weighted by Crippen LogP contribution is 2.19. The van der Waals surface area contributed by atoms with Gasteiger partial charge < -0.3 is 5.11 Å². The lowest BCUT2D eigenvalue weighted by Gasteiger charge is -2.06. The number of carboxylic acid groups (broad SMARTS) is 1. The predicted octanol–water partition coefficient (Wildman–Crippen LogP) is 3.12. The maximum absolute atomic E-state index is 11.4. The van der Waals surface area contributed by atoms with Crippen molar-refractivity contribution in [2.75, 3.05) is 5.43 Å². The van der Waals surface area contributed by atoms with E-state index in [0.717, 1.165) is 16.3 Å². The van der Waals surface area contributed by atoms with Crippen LogP contribution in [0.5, 0.6) is 0 Å². The van der Waals surface area contributed by atoms with Gasteiger partial charge in [-0.2, -0.15) is 10.2 Å². The normalized spacial score (nSPS) is 11.4. The zero-order valence-corrected chi connectivity index (χ0v) is 12.9. The number of carbonyl (C=O) groups is 1. The van der Waals surface area contributed by atoms with Crippen molar-refractivity contribution in [1.82, 2.24) is 10.2 Å². The van der Waals surface area contributed by atoms with E-state index in [2.05, 4.69) is 20.7 Å². The number of aryl methyl sites for hydroxylation is 1. The Labute approximate surface area is 138 Å². The summed E-state index contributed by atoms with van der Waals surface area (Å²) in [5.74, 6) is -0.613. The lowest BCUT2D eigenvalue weighted by Crippen LogP contribution is -2.16. The van der Waals surface area contributed by atoms with Gasteiger partial charge in [0.05, 0.1) is 6.20 Å². The second kappa shape index (κ2) is 7.32. The Balaban J connectivity index is 1.77. The standard InChI is InChI=1S/C18H16N4O2/c23-18(24)16(11-10-13-6-2-1-3-7-13)20-22-17-15-9-5-4-8-14(15)12-19-21-17/h1-9,12H,10-11H2,(H,21,22)(H,23,24)/b20-16-. The summed E-state index contributed by atoms with van der Waals surface area (Å²) in [6, 6.07) is 17.3. The Morgan fingerprint density at radius 2 is 1.83 bits per heavy atom. The van der Waals surface area contributed by atoms with Gasteiger partial charge in [-0.15, -0.1) is 5.10 Å². The Bertz CT molecular complexity index is 873. The molecular weight excluding hydrogens is 304 g/mol. The summed E-state index contributed by atoms with van der Waals surface area (Å²) in [5.41, 5.74) is 3.85. The number of hydrazone groups is 1. The van der Waals surface area contributed by atoms with E-state index in [1.165, 1.54) is 0 Å². The second-order valence-electron chi connectivity index (χ2n) is 5.24. The average Bonchev–Trinajstić information content (AvgIpc) is 2.62. The van der Waals surface area contributed by atoms with E-state index < -0.39 is 5.97 Å². The number of aliphatic carboxylic acids is 1. The van der Waals surface area contributed by atoms with Gasteiger partial charge in [-0.3, -0.25) is 5.43 Å². The number of nitrogens with zero attached hydrogens (tertiary/aromatic N) is 3. The maximum atomic E-state index is 11.4. The van der Waals surface area contributed by atoms with Crippen molar-refractivity contribution in [1.29, 1.82) is 0 Å². The zero-order chi connectivity index (χ0) is 16.8. The first-order valence-corrected chi connectivity index (χ1v) is 7.54. The molecule has 0 fully saturated rings. The van der Waals surface area contributed by atoms with E-state index in [1.54, 1.807) is 6.20 Å². The predicted molar refractivity (Wildman–Crippen MR) is 93.0 cm³/mol. The number of nitrogens with one attached hydrogen (secondary N) is 1. The first-order chi connectivity index (χ1) is 11.7. The third kappa shape index (κ3) is 3.73. The first kappa shape index (κ1) is 15.6. The van der Waals surface area contributed by atoms with E-state index in [1.807, 2.05) is 54.6 Å². The highest BCUT2D eigenvalue weighted by molar-refractivity contribution is 6.35. The molecular formula is C18H16N4O2. The van der Waals surface area contributed by atoms with Crippen LogP contribution in [0.25, 0.3) is 10.8 Å². The van der Waals surface area contributed by atoms with Gasteiger partial charge in [0, 0.05) is 17.2 Å². The van der Waals surface area contributed by atoms with Crippen LogP contribution in [0.3, 0.4) is 0 Å². The minimum Gasteiger partial charge on any atom is -0.477 e.